The number of anilines is 2. The van der Waals surface area contributed by atoms with E-state index in [1.807, 2.05) is 19.1 Å². The fourth-order valence-corrected chi connectivity index (χ4v) is 4.99. The summed E-state index contributed by atoms with van der Waals surface area (Å²) in [5.74, 6) is 0.717. The summed E-state index contributed by atoms with van der Waals surface area (Å²) in [6, 6.07) is 16.3. The summed E-state index contributed by atoms with van der Waals surface area (Å²) < 4.78 is 50.0. The van der Waals surface area contributed by atoms with Crippen molar-refractivity contribution in [1.82, 2.24) is 0 Å². The third-order valence-electron chi connectivity index (χ3n) is 5.53. The molecule has 0 aliphatic heterocycles. The molecule has 1 amide bonds. The van der Waals surface area contributed by atoms with Gasteiger partial charge >= 0.3 is 0 Å². The van der Waals surface area contributed by atoms with E-state index in [1.165, 1.54) is 52.7 Å². The van der Waals surface area contributed by atoms with Crippen LogP contribution in [0, 0.1) is 0 Å². The summed E-state index contributed by atoms with van der Waals surface area (Å²) in [7, 11) is 1.48. The maximum atomic E-state index is 13.9. The lowest BCUT2D eigenvalue weighted by atomic mass is 10.1. The topological polar surface area (TPSA) is 103 Å². The minimum absolute atomic E-state index is 0.0925. The van der Waals surface area contributed by atoms with Crippen LogP contribution >= 0.6 is 0 Å². The number of nitrogens with zero attached hydrogens (tertiary/aromatic N) is 1. The number of rotatable bonds is 11. The van der Waals surface area contributed by atoms with Gasteiger partial charge in [-0.25, -0.2) is 8.42 Å². The average Bonchev–Trinajstić information content (AvgIpc) is 2.91. The van der Waals surface area contributed by atoms with Crippen LogP contribution in [0.15, 0.2) is 65.6 Å². The summed E-state index contributed by atoms with van der Waals surface area (Å²) in [6.07, 6.45) is 0.862. The molecule has 0 radical (unpaired) electrons. The van der Waals surface area contributed by atoms with Gasteiger partial charge in [0.1, 0.15) is 18.0 Å². The molecule has 0 bridgehead atoms. The van der Waals surface area contributed by atoms with Gasteiger partial charge in [0.05, 0.1) is 39.0 Å². The number of methoxy groups -OCH3 is 4. The van der Waals surface area contributed by atoms with Gasteiger partial charge in [-0.3, -0.25) is 9.10 Å². The van der Waals surface area contributed by atoms with Gasteiger partial charge < -0.3 is 24.3 Å². The highest BCUT2D eigenvalue weighted by Gasteiger charge is 2.31. The summed E-state index contributed by atoms with van der Waals surface area (Å²) in [4.78, 5) is 13.0. The highest BCUT2D eigenvalue weighted by Crippen LogP contribution is 2.37. The van der Waals surface area contributed by atoms with Gasteiger partial charge in [-0.1, -0.05) is 19.1 Å². The number of ether oxygens (including phenoxy) is 4. The lowest BCUT2D eigenvalue weighted by molar-refractivity contribution is -0.114. The Morgan fingerprint density at radius 1 is 0.806 bits per heavy atom. The quantitative estimate of drug-likeness (QED) is 0.411. The molecule has 192 valence electrons. The molecular weight excluding hydrogens is 484 g/mol. The highest BCUT2D eigenvalue weighted by molar-refractivity contribution is 7.92. The number of hydrogen-bond acceptors (Lipinski definition) is 7. The van der Waals surface area contributed by atoms with Crippen LogP contribution in [0.2, 0.25) is 0 Å². The van der Waals surface area contributed by atoms with E-state index < -0.39 is 22.5 Å². The number of carbonyl (C=O) groups is 1. The van der Waals surface area contributed by atoms with Crippen LogP contribution in [0.3, 0.4) is 0 Å². The van der Waals surface area contributed by atoms with Crippen LogP contribution in [-0.4, -0.2) is 49.3 Å². The Bertz CT molecular complexity index is 1310. The molecule has 3 aromatic carbocycles. The number of hydrogen-bond donors (Lipinski definition) is 1. The zero-order chi connectivity index (χ0) is 26.3. The number of carbonyl (C=O) groups excluding carboxylic acids is 1. The Balaban J connectivity index is 2.06. The Morgan fingerprint density at radius 3 is 2.03 bits per heavy atom. The highest BCUT2D eigenvalue weighted by atomic mass is 32.2. The predicted molar refractivity (Wildman–Crippen MR) is 138 cm³/mol. The molecule has 0 fully saturated rings. The van der Waals surface area contributed by atoms with Crippen molar-refractivity contribution in [2.75, 3.05) is 44.6 Å². The first-order chi connectivity index (χ1) is 17.3. The molecule has 0 aliphatic carbocycles. The molecule has 0 saturated heterocycles. The van der Waals surface area contributed by atoms with Crippen molar-refractivity contribution < 1.29 is 32.2 Å². The van der Waals surface area contributed by atoms with Gasteiger partial charge in [0.2, 0.25) is 5.91 Å². The van der Waals surface area contributed by atoms with E-state index in [1.54, 1.807) is 24.3 Å². The van der Waals surface area contributed by atoms with Crippen LogP contribution in [0.1, 0.15) is 12.5 Å². The first kappa shape index (κ1) is 26.7. The molecule has 0 unspecified atom stereocenters. The second-order valence-corrected chi connectivity index (χ2v) is 9.53. The summed E-state index contributed by atoms with van der Waals surface area (Å²) in [5, 5.41) is 2.76. The van der Waals surface area contributed by atoms with Crippen LogP contribution in [-0.2, 0) is 21.2 Å². The molecule has 0 atom stereocenters. The zero-order valence-electron chi connectivity index (χ0n) is 20.9. The Kier molecular flexibility index (Phi) is 8.65. The van der Waals surface area contributed by atoms with Gasteiger partial charge in [0.25, 0.3) is 10.0 Å². The Morgan fingerprint density at radius 2 is 1.44 bits per heavy atom. The van der Waals surface area contributed by atoms with Crippen molar-refractivity contribution in [2.24, 2.45) is 0 Å². The van der Waals surface area contributed by atoms with E-state index in [4.69, 9.17) is 18.9 Å². The summed E-state index contributed by atoms with van der Waals surface area (Å²) >= 11 is 0. The van der Waals surface area contributed by atoms with Gasteiger partial charge in [0, 0.05) is 17.8 Å². The van der Waals surface area contributed by atoms with Crippen molar-refractivity contribution in [3.05, 3.63) is 66.2 Å². The van der Waals surface area contributed by atoms with E-state index in [9.17, 15) is 13.2 Å². The molecule has 0 heterocycles. The smallest absolute Gasteiger partial charge is 0.265 e. The van der Waals surface area contributed by atoms with Crippen molar-refractivity contribution in [3.8, 4) is 23.0 Å². The molecule has 3 rings (SSSR count). The standard InChI is InChI=1S/C26H30N2O7S/c1-6-18-7-9-19(10-8-18)27-26(29)17-28(22-15-20(32-2)11-13-23(22)33-3)36(30,31)21-12-14-24(34-4)25(16-21)35-5/h7-16H,6,17H2,1-5H3,(H,27,29). The van der Waals surface area contributed by atoms with E-state index in [2.05, 4.69) is 5.32 Å². The minimum atomic E-state index is -4.27. The maximum Gasteiger partial charge on any atom is 0.265 e. The molecule has 1 N–H and O–H groups in total. The fraction of sp³-hybridized carbons (Fsp3) is 0.269. The predicted octanol–water partition coefficient (Wildman–Crippen LogP) is 4.12. The number of benzene rings is 3. The number of sulfonamides is 1. The molecule has 0 aromatic heterocycles. The molecule has 9 nitrogen and oxygen atoms in total. The monoisotopic (exact) mass is 514 g/mol. The third kappa shape index (κ3) is 5.83. The van der Waals surface area contributed by atoms with E-state index in [0.717, 1.165) is 16.3 Å². The average molecular weight is 515 g/mol. The largest absolute Gasteiger partial charge is 0.497 e. The Labute approximate surface area is 211 Å². The van der Waals surface area contributed by atoms with E-state index in [0.29, 0.717) is 17.2 Å². The molecule has 0 aliphatic rings. The minimum Gasteiger partial charge on any atom is -0.497 e. The second-order valence-electron chi connectivity index (χ2n) is 7.66. The van der Waals surface area contributed by atoms with Crippen molar-refractivity contribution in [1.29, 1.82) is 0 Å². The van der Waals surface area contributed by atoms with Gasteiger partial charge in [-0.15, -0.1) is 0 Å². The molecule has 10 heteroatoms. The number of amides is 1. The lowest BCUT2D eigenvalue weighted by Gasteiger charge is -2.26. The normalized spacial score (nSPS) is 10.9. The van der Waals surface area contributed by atoms with Crippen molar-refractivity contribution >= 4 is 27.3 Å². The number of aryl methyl sites for hydroxylation is 1. The first-order valence-electron chi connectivity index (χ1n) is 11.1. The van der Waals surface area contributed by atoms with Crippen molar-refractivity contribution in [2.45, 2.75) is 18.2 Å². The number of nitrogens with one attached hydrogen (secondary N) is 1. The van der Waals surface area contributed by atoms with Crippen molar-refractivity contribution in [3.63, 3.8) is 0 Å². The summed E-state index contributed by atoms with van der Waals surface area (Å²) in [5.41, 5.74) is 1.81. The van der Waals surface area contributed by atoms with Crippen LogP contribution in [0.5, 0.6) is 23.0 Å². The van der Waals surface area contributed by atoms with Gasteiger partial charge in [-0.05, 0) is 48.4 Å². The Hall–Kier alpha value is -3.92. The molecular formula is C26H30N2O7S. The summed E-state index contributed by atoms with van der Waals surface area (Å²) in [6.45, 7) is 1.52. The second kappa shape index (κ2) is 11.7. The van der Waals surface area contributed by atoms with Crippen LogP contribution < -0.4 is 28.6 Å². The van der Waals surface area contributed by atoms with Gasteiger partial charge in [-0.2, -0.15) is 0 Å². The van der Waals surface area contributed by atoms with E-state index in [-0.39, 0.29) is 22.1 Å². The molecule has 3 aromatic rings. The SMILES string of the molecule is CCc1ccc(NC(=O)CN(c2cc(OC)ccc2OC)S(=O)(=O)c2ccc(OC)c(OC)c2)cc1. The molecule has 0 saturated carbocycles. The van der Waals surface area contributed by atoms with Crippen LogP contribution in [0.25, 0.3) is 0 Å². The van der Waals surface area contributed by atoms with E-state index >= 15 is 0 Å². The third-order valence-corrected chi connectivity index (χ3v) is 7.29. The van der Waals surface area contributed by atoms with Gasteiger partial charge in [0.15, 0.2) is 11.5 Å². The maximum absolute atomic E-state index is 13.9. The van der Waals surface area contributed by atoms with Crippen LogP contribution in [0.4, 0.5) is 11.4 Å². The fourth-order valence-electron chi connectivity index (χ4n) is 3.55. The lowest BCUT2D eigenvalue weighted by Crippen LogP contribution is -2.38. The zero-order valence-corrected chi connectivity index (χ0v) is 21.7. The molecule has 36 heavy (non-hydrogen) atoms. The first-order valence-corrected chi connectivity index (χ1v) is 12.6. The molecule has 0 spiro atoms.